The zero-order valence-corrected chi connectivity index (χ0v) is 9.27. The van der Waals surface area contributed by atoms with Gasteiger partial charge in [-0.2, -0.15) is 5.26 Å². The third kappa shape index (κ3) is 8.03. The molecule has 0 aliphatic heterocycles. The van der Waals surface area contributed by atoms with E-state index in [1.54, 1.807) is 11.9 Å². The highest BCUT2D eigenvalue weighted by molar-refractivity contribution is 7.90. The highest BCUT2D eigenvalue weighted by atomic mass is 35.5. The van der Waals surface area contributed by atoms with Crippen LogP contribution in [0.5, 0.6) is 0 Å². The Kier molecular flexibility index (Phi) is 5.30. The van der Waals surface area contributed by atoms with Gasteiger partial charge in [-0.3, -0.25) is 0 Å². The van der Waals surface area contributed by atoms with E-state index in [2.05, 4.69) is 0 Å². The maximum atomic E-state index is 10.8. The number of hydrogen-bond acceptors (Lipinski definition) is 4. The maximum absolute atomic E-state index is 10.8. The van der Waals surface area contributed by atoms with Crippen molar-refractivity contribution in [2.24, 2.45) is 0 Å². The van der Waals surface area contributed by atoms with Crippen molar-refractivity contribution in [1.29, 1.82) is 5.26 Å². The highest BCUT2D eigenvalue weighted by Crippen LogP contribution is 1.97. The summed E-state index contributed by atoms with van der Waals surface area (Å²) in [5.74, 6) is 0.0958. The van der Waals surface area contributed by atoms with Crippen molar-refractivity contribution in [2.75, 3.05) is 32.1 Å². The first-order chi connectivity index (χ1) is 5.85. The lowest BCUT2D eigenvalue weighted by atomic mass is 10.4. The summed E-state index contributed by atoms with van der Waals surface area (Å²) in [7, 11) is -1.20. The number of halogens is 1. The minimum Gasteiger partial charge on any atom is -0.303 e. The molecule has 0 aromatic rings. The van der Waals surface area contributed by atoms with Crippen LogP contribution in [0.25, 0.3) is 0 Å². The predicted octanol–water partition coefficient (Wildman–Crippen LogP) is 0.0938. The van der Waals surface area contributed by atoms with Gasteiger partial charge in [0.05, 0.1) is 11.8 Å². The fourth-order valence-electron chi connectivity index (χ4n) is 0.727. The molecule has 0 aromatic carbocycles. The van der Waals surface area contributed by atoms with Crippen molar-refractivity contribution in [3.63, 3.8) is 0 Å². The summed E-state index contributed by atoms with van der Waals surface area (Å²) in [5, 5.41) is 7.81. The summed E-state index contributed by atoms with van der Waals surface area (Å²) in [5.41, 5.74) is 0. The Morgan fingerprint density at radius 3 is 2.54 bits per heavy atom. The standard InChI is InChI=1S/C7H13ClN2O2S/c1-10(6-7(8)5-9)3-4-13(2,11)12/h7H,3-4,6H2,1-2H3. The third-order valence-electron chi connectivity index (χ3n) is 1.46. The van der Waals surface area contributed by atoms with Gasteiger partial charge in [-0.15, -0.1) is 11.6 Å². The van der Waals surface area contributed by atoms with Crippen molar-refractivity contribution in [3.05, 3.63) is 0 Å². The van der Waals surface area contributed by atoms with Gasteiger partial charge in [-0.1, -0.05) is 0 Å². The monoisotopic (exact) mass is 224 g/mol. The summed E-state index contributed by atoms with van der Waals surface area (Å²) >= 11 is 5.56. The number of nitrogens with zero attached hydrogens (tertiary/aromatic N) is 2. The molecule has 0 N–H and O–H groups in total. The molecule has 0 radical (unpaired) electrons. The van der Waals surface area contributed by atoms with Gasteiger partial charge in [0.2, 0.25) is 0 Å². The van der Waals surface area contributed by atoms with E-state index in [0.717, 1.165) is 0 Å². The fourth-order valence-corrected chi connectivity index (χ4v) is 1.61. The van der Waals surface area contributed by atoms with Gasteiger partial charge in [-0.25, -0.2) is 8.42 Å². The van der Waals surface area contributed by atoms with Crippen LogP contribution in [-0.4, -0.2) is 50.8 Å². The molecule has 0 spiro atoms. The van der Waals surface area contributed by atoms with Crippen LogP contribution >= 0.6 is 11.6 Å². The summed E-state index contributed by atoms with van der Waals surface area (Å²) in [6.07, 6.45) is 1.18. The molecule has 0 fully saturated rings. The van der Waals surface area contributed by atoms with Crippen molar-refractivity contribution in [3.8, 4) is 6.07 Å². The molecular weight excluding hydrogens is 212 g/mol. The SMILES string of the molecule is CN(CCS(C)(=O)=O)CC(Cl)C#N. The van der Waals surface area contributed by atoms with Crippen LogP contribution in [0, 0.1) is 11.3 Å². The second-order valence-corrected chi connectivity index (χ2v) is 5.78. The van der Waals surface area contributed by atoms with Crippen LogP contribution in [0.1, 0.15) is 0 Å². The Morgan fingerprint density at radius 2 is 2.15 bits per heavy atom. The predicted molar refractivity (Wildman–Crippen MR) is 52.5 cm³/mol. The first kappa shape index (κ1) is 12.7. The normalized spacial score (nSPS) is 14.1. The van der Waals surface area contributed by atoms with Crippen LogP contribution in [0.4, 0.5) is 0 Å². The lowest BCUT2D eigenvalue weighted by Gasteiger charge is -2.15. The Morgan fingerprint density at radius 1 is 1.62 bits per heavy atom. The van der Waals surface area contributed by atoms with E-state index in [-0.39, 0.29) is 5.75 Å². The zero-order chi connectivity index (χ0) is 10.5. The minimum absolute atomic E-state index is 0.0958. The molecule has 76 valence electrons. The Hall–Kier alpha value is -0.310. The van der Waals surface area contributed by atoms with Crippen LogP contribution in [0.15, 0.2) is 0 Å². The molecule has 0 aliphatic carbocycles. The third-order valence-corrected chi connectivity index (χ3v) is 2.62. The smallest absolute Gasteiger partial charge is 0.148 e. The van der Waals surface area contributed by atoms with E-state index >= 15 is 0 Å². The minimum atomic E-state index is -2.93. The summed E-state index contributed by atoms with van der Waals surface area (Å²) in [6.45, 7) is 0.789. The summed E-state index contributed by atoms with van der Waals surface area (Å²) in [4.78, 5) is 1.72. The molecular formula is C7H13ClN2O2S. The van der Waals surface area contributed by atoms with Gasteiger partial charge >= 0.3 is 0 Å². The molecule has 0 saturated heterocycles. The molecule has 0 bridgehead atoms. The number of rotatable bonds is 5. The molecule has 0 amide bonds. The second kappa shape index (κ2) is 5.43. The molecule has 0 rings (SSSR count). The van der Waals surface area contributed by atoms with E-state index in [0.29, 0.717) is 13.1 Å². The van der Waals surface area contributed by atoms with Gasteiger partial charge in [0.25, 0.3) is 0 Å². The van der Waals surface area contributed by atoms with Gasteiger partial charge in [0, 0.05) is 19.3 Å². The van der Waals surface area contributed by atoms with Crippen LogP contribution in [-0.2, 0) is 9.84 Å². The van der Waals surface area contributed by atoms with Gasteiger partial charge in [0.1, 0.15) is 15.2 Å². The quantitative estimate of drug-likeness (QED) is 0.622. The first-order valence-electron chi connectivity index (χ1n) is 3.75. The number of alkyl halides is 1. The molecule has 0 aromatic heterocycles. The van der Waals surface area contributed by atoms with Crippen LogP contribution in [0.2, 0.25) is 0 Å². The first-order valence-corrected chi connectivity index (χ1v) is 6.25. The van der Waals surface area contributed by atoms with Gasteiger partial charge in [0.15, 0.2) is 0 Å². The lowest BCUT2D eigenvalue weighted by molar-refractivity contribution is 0.364. The summed E-state index contributed by atoms with van der Waals surface area (Å²) < 4.78 is 21.5. The molecule has 13 heavy (non-hydrogen) atoms. The van der Waals surface area contributed by atoms with Crippen LogP contribution in [0.3, 0.4) is 0 Å². The molecule has 6 heteroatoms. The number of hydrogen-bond donors (Lipinski definition) is 0. The van der Waals surface area contributed by atoms with Gasteiger partial charge < -0.3 is 4.90 Å². The van der Waals surface area contributed by atoms with E-state index in [9.17, 15) is 8.42 Å². The molecule has 1 atom stereocenters. The Labute approximate surface area is 84.0 Å². The zero-order valence-electron chi connectivity index (χ0n) is 7.70. The maximum Gasteiger partial charge on any atom is 0.148 e. The number of nitriles is 1. The van der Waals surface area contributed by atoms with E-state index in [1.165, 1.54) is 6.26 Å². The van der Waals surface area contributed by atoms with Crippen molar-refractivity contribution < 1.29 is 8.42 Å². The lowest BCUT2D eigenvalue weighted by Crippen LogP contribution is -2.30. The molecule has 0 aliphatic rings. The highest BCUT2D eigenvalue weighted by Gasteiger charge is 2.09. The van der Waals surface area contributed by atoms with Crippen LogP contribution < -0.4 is 0 Å². The van der Waals surface area contributed by atoms with Gasteiger partial charge in [-0.05, 0) is 7.05 Å². The molecule has 0 heterocycles. The summed E-state index contributed by atoms with van der Waals surface area (Å²) in [6, 6.07) is 1.87. The Bertz CT molecular complexity index is 283. The molecule has 4 nitrogen and oxygen atoms in total. The average molecular weight is 225 g/mol. The second-order valence-electron chi connectivity index (χ2n) is 2.99. The molecule has 0 saturated carbocycles. The van der Waals surface area contributed by atoms with Crippen molar-refractivity contribution in [1.82, 2.24) is 4.90 Å². The Balaban J connectivity index is 3.78. The number of sulfone groups is 1. The van der Waals surface area contributed by atoms with E-state index in [1.807, 2.05) is 6.07 Å². The van der Waals surface area contributed by atoms with Crippen molar-refractivity contribution in [2.45, 2.75) is 5.38 Å². The molecule has 1 unspecified atom stereocenters. The van der Waals surface area contributed by atoms with E-state index < -0.39 is 15.2 Å². The topological polar surface area (TPSA) is 61.2 Å². The van der Waals surface area contributed by atoms with Crippen molar-refractivity contribution >= 4 is 21.4 Å². The largest absolute Gasteiger partial charge is 0.303 e. The van der Waals surface area contributed by atoms with E-state index in [4.69, 9.17) is 16.9 Å². The fraction of sp³-hybridized carbons (Fsp3) is 0.857. The average Bonchev–Trinajstić information content (AvgIpc) is 1.99.